The molecular weight excluding hydrogens is 346 g/mol. The molecule has 0 saturated carbocycles. The van der Waals surface area contributed by atoms with Crippen molar-refractivity contribution in [1.82, 2.24) is 30.2 Å². The number of aromatic nitrogens is 6. The van der Waals surface area contributed by atoms with Crippen molar-refractivity contribution in [2.24, 2.45) is 7.05 Å². The molecule has 0 saturated heterocycles. The number of aromatic amines is 2. The van der Waals surface area contributed by atoms with Crippen molar-refractivity contribution in [3.8, 4) is 11.6 Å². The SMILES string of the molecule is Cn1nnc(NC(=O)c2ccc3c(c2)Cc2c([nH]c(=S)[nH]c2=O)O3)n1. The fraction of sp³-hybridized carbons (Fsp3) is 0.143. The maximum absolute atomic E-state index is 12.3. The number of tetrazole rings is 1. The van der Waals surface area contributed by atoms with Crippen LogP contribution >= 0.6 is 12.2 Å². The zero-order valence-corrected chi connectivity index (χ0v) is 13.7. The number of nitrogens with zero attached hydrogens (tertiary/aromatic N) is 4. The molecule has 4 rings (SSSR count). The summed E-state index contributed by atoms with van der Waals surface area (Å²) in [6.07, 6.45) is 0.316. The van der Waals surface area contributed by atoms with E-state index < -0.39 is 0 Å². The molecule has 0 unspecified atom stereocenters. The number of hydrogen-bond donors (Lipinski definition) is 3. The molecule has 1 amide bonds. The number of amides is 1. The maximum Gasteiger partial charge on any atom is 0.270 e. The van der Waals surface area contributed by atoms with Crippen molar-refractivity contribution >= 4 is 24.1 Å². The molecule has 0 atom stereocenters. The van der Waals surface area contributed by atoms with E-state index in [1.165, 1.54) is 4.80 Å². The smallest absolute Gasteiger partial charge is 0.270 e. The highest BCUT2D eigenvalue weighted by Crippen LogP contribution is 2.33. The lowest BCUT2D eigenvalue weighted by Crippen LogP contribution is -2.20. The van der Waals surface area contributed by atoms with Gasteiger partial charge in [-0.3, -0.25) is 19.9 Å². The summed E-state index contributed by atoms with van der Waals surface area (Å²) in [5.41, 5.74) is 1.21. The van der Waals surface area contributed by atoms with Gasteiger partial charge in [0.25, 0.3) is 17.4 Å². The van der Waals surface area contributed by atoms with Crippen molar-refractivity contribution in [3.05, 3.63) is 50.0 Å². The molecule has 0 spiro atoms. The van der Waals surface area contributed by atoms with E-state index in [9.17, 15) is 9.59 Å². The number of anilines is 1. The molecule has 1 aromatic carbocycles. The number of carbonyl (C=O) groups is 1. The zero-order chi connectivity index (χ0) is 17.6. The van der Waals surface area contributed by atoms with Crippen molar-refractivity contribution < 1.29 is 9.53 Å². The summed E-state index contributed by atoms with van der Waals surface area (Å²) in [4.78, 5) is 30.9. The molecule has 2 aromatic heterocycles. The van der Waals surface area contributed by atoms with E-state index in [4.69, 9.17) is 17.0 Å². The number of ether oxygens (including phenoxy) is 1. The molecule has 3 heterocycles. The van der Waals surface area contributed by atoms with Crippen LogP contribution in [0.15, 0.2) is 23.0 Å². The number of H-pyrrole nitrogens is 2. The summed E-state index contributed by atoms with van der Waals surface area (Å²) in [5.74, 6) is 0.596. The second kappa shape index (κ2) is 5.63. The van der Waals surface area contributed by atoms with Gasteiger partial charge in [-0.2, -0.15) is 4.80 Å². The van der Waals surface area contributed by atoms with Gasteiger partial charge < -0.3 is 9.72 Å². The van der Waals surface area contributed by atoms with Gasteiger partial charge in [0, 0.05) is 17.5 Å². The number of carbonyl (C=O) groups excluding carboxylic acids is 1. The molecule has 1 aliphatic heterocycles. The molecule has 1 aliphatic rings. The number of benzene rings is 1. The highest BCUT2D eigenvalue weighted by atomic mass is 32.1. The quantitative estimate of drug-likeness (QED) is 0.454. The van der Waals surface area contributed by atoms with E-state index in [-0.39, 0.29) is 22.2 Å². The molecule has 10 nitrogen and oxygen atoms in total. The van der Waals surface area contributed by atoms with Crippen LogP contribution in [-0.4, -0.2) is 36.1 Å². The van der Waals surface area contributed by atoms with Crippen molar-refractivity contribution in [2.45, 2.75) is 6.42 Å². The first kappa shape index (κ1) is 15.2. The van der Waals surface area contributed by atoms with Crippen molar-refractivity contribution in [2.75, 3.05) is 5.32 Å². The second-order valence-electron chi connectivity index (χ2n) is 5.37. The lowest BCUT2D eigenvalue weighted by atomic mass is 10.0. The molecule has 3 aromatic rings. The third-order valence-electron chi connectivity index (χ3n) is 3.64. The minimum atomic E-state index is -0.386. The van der Waals surface area contributed by atoms with Gasteiger partial charge in [0.1, 0.15) is 5.75 Å². The fourth-order valence-corrected chi connectivity index (χ4v) is 2.69. The van der Waals surface area contributed by atoms with Crippen molar-refractivity contribution in [1.29, 1.82) is 0 Å². The predicted molar refractivity (Wildman–Crippen MR) is 88.3 cm³/mol. The number of nitrogens with one attached hydrogen (secondary N) is 3. The van der Waals surface area contributed by atoms with Crippen LogP contribution in [0.4, 0.5) is 5.95 Å². The first-order valence-corrected chi connectivity index (χ1v) is 7.62. The third kappa shape index (κ3) is 2.80. The highest BCUT2D eigenvalue weighted by Gasteiger charge is 2.22. The molecule has 0 aliphatic carbocycles. The van der Waals surface area contributed by atoms with E-state index >= 15 is 0 Å². The molecule has 0 radical (unpaired) electrons. The summed E-state index contributed by atoms with van der Waals surface area (Å²) in [6.45, 7) is 0. The molecule has 25 heavy (non-hydrogen) atoms. The standard InChI is InChI=1S/C14H11N7O3S/c1-21-19-13(18-20-21)15-10(22)6-2-3-9-7(4-6)5-8-11(23)16-14(25)17-12(8)24-9/h2-4H,5H2,1H3,(H,15,19,22)(H2,16,17,23,25). The molecule has 0 bridgehead atoms. The van der Waals surface area contributed by atoms with Gasteiger partial charge in [0.2, 0.25) is 5.88 Å². The summed E-state index contributed by atoms with van der Waals surface area (Å²) < 4.78 is 5.88. The van der Waals surface area contributed by atoms with Crippen LogP contribution in [0.25, 0.3) is 0 Å². The number of hydrogen-bond acceptors (Lipinski definition) is 7. The van der Waals surface area contributed by atoms with Gasteiger partial charge in [-0.05, 0) is 35.6 Å². The first-order chi connectivity index (χ1) is 12.0. The Morgan fingerprint density at radius 2 is 2.24 bits per heavy atom. The summed E-state index contributed by atoms with van der Waals surface area (Å²) in [7, 11) is 1.60. The molecular formula is C14H11N7O3S. The maximum atomic E-state index is 12.3. The average Bonchev–Trinajstić information content (AvgIpc) is 2.97. The Hall–Kier alpha value is -3.34. The van der Waals surface area contributed by atoms with E-state index in [0.29, 0.717) is 34.7 Å². The Kier molecular flexibility index (Phi) is 3.42. The minimum Gasteiger partial charge on any atom is -0.440 e. The number of fused-ring (bicyclic) bond motifs is 2. The first-order valence-electron chi connectivity index (χ1n) is 7.21. The Morgan fingerprint density at radius 1 is 1.40 bits per heavy atom. The van der Waals surface area contributed by atoms with Gasteiger partial charge in [0.05, 0.1) is 12.6 Å². The Labute approximate surface area is 144 Å². The Morgan fingerprint density at radius 3 is 3.00 bits per heavy atom. The van der Waals surface area contributed by atoms with Gasteiger partial charge in [0.15, 0.2) is 4.77 Å². The normalized spacial score (nSPS) is 12.0. The van der Waals surface area contributed by atoms with Gasteiger partial charge >= 0.3 is 0 Å². The Balaban J connectivity index is 1.64. The number of aryl methyl sites for hydroxylation is 1. The highest BCUT2D eigenvalue weighted by molar-refractivity contribution is 7.71. The monoisotopic (exact) mass is 357 g/mol. The van der Waals surface area contributed by atoms with Crippen LogP contribution in [-0.2, 0) is 13.5 Å². The van der Waals surface area contributed by atoms with E-state index in [0.717, 1.165) is 0 Å². The average molecular weight is 357 g/mol. The minimum absolute atomic E-state index is 0.107. The summed E-state index contributed by atoms with van der Waals surface area (Å²) in [6, 6.07) is 4.93. The van der Waals surface area contributed by atoms with Gasteiger partial charge in [-0.25, -0.2) is 0 Å². The van der Waals surface area contributed by atoms with Gasteiger partial charge in [-0.1, -0.05) is 5.10 Å². The third-order valence-corrected chi connectivity index (χ3v) is 3.84. The second-order valence-corrected chi connectivity index (χ2v) is 5.78. The topological polar surface area (TPSA) is 131 Å². The lowest BCUT2D eigenvalue weighted by Gasteiger charge is -2.19. The van der Waals surface area contributed by atoms with Crippen LogP contribution in [0.3, 0.4) is 0 Å². The Bertz CT molecular complexity index is 1110. The molecule has 126 valence electrons. The van der Waals surface area contributed by atoms with Gasteiger partial charge in [-0.15, -0.1) is 5.10 Å². The van der Waals surface area contributed by atoms with Crippen LogP contribution < -0.4 is 15.6 Å². The van der Waals surface area contributed by atoms with Crippen LogP contribution in [0.1, 0.15) is 21.5 Å². The van der Waals surface area contributed by atoms with E-state index in [2.05, 4.69) is 30.7 Å². The largest absolute Gasteiger partial charge is 0.440 e. The van der Waals surface area contributed by atoms with E-state index in [1.807, 2.05) is 0 Å². The van der Waals surface area contributed by atoms with Crippen molar-refractivity contribution in [3.63, 3.8) is 0 Å². The molecule has 11 heteroatoms. The zero-order valence-electron chi connectivity index (χ0n) is 12.9. The predicted octanol–water partition coefficient (Wildman–Crippen LogP) is 0.905. The van der Waals surface area contributed by atoms with Crippen LogP contribution in [0.5, 0.6) is 11.6 Å². The summed E-state index contributed by atoms with van der Waals surface area (Å²) >= 11 is 4.94. The van der Waals surface area contributed by atoms with Crippen LogP contribution in [0, 0.1) is 4.77 Å². The van der Waals surface area contributed by atoms with Crippen LogP contribution in [0.2, 0.25) is 0 Å². The fourth-order valence-electron chi connectivity index (χ4n) is 2.51. The van der Waals surface area contributed by atoms with E-state index in [1.54, 1.807) is 25.2 Å². The summed E-state index contributed by atoms with van der Waals surface area (Å²) in [5, 5.41) is 13.8. The molecule has 3 N–H and O–H groups in total. The molecule has 0 fully saturated rings. The number of rotatable bonds is 2. The lowest BCUT2D eigenvalue weighted by molar-refractivity contribution is 0.102.